The van der Waals surface area contributed by atoms with E-state index in [9.17, 15) is 14.4 Å². The fourth-order valence-electron chi connectivity index (χ4n) is 3.13. The van der Waals surface area contributed by atoms with E-state index >= 15 is 0 Å². The Morgan fingerprint density at radius 2 is 1.72 bits per heavy atom. The Balaban J connectivity index is 2.41. The monoisotopic (exact) mass is 348 g/mol. The van der Waals surface area contributed by atoms with E-state index in [1.807, 2.05) is 19.9 Å². The minimum atomic E-state index is -0.512. The molecule has 4 unspecified atom stereocenters. The Bertz CT molecular complexity index is 657. The molecule has 6 nitrogen and oxygen atoms in total. The van der Waals surface area contributed by atoms with Gasteiger partial charge in [0.25, 0.3) is 0 Å². The fourth-order valence-corrected chi connectivity index (χ4v) is 3.13. The van der Waals surface area contributed by atoms with Crippen molar-refractivity contribution in [3.05, 3.63) is 35.5 Å². The van der Waals surface area contributed by atoms with Crippen LogP contribution in [-0.2, 0) is 28.6 Å². The molecular formula is C19H24O6. The van der Waals surface area contributed by atoms with Gasteiger partial charge in [-0.05, 0) is 37.5 Å². The number of hydrogen-bond acceptors (Lipinski definition) is 6. The van der Waals surface area contributed by atoms with E-state index in [4.69, 9.17) is 14.2 Å². The second-order valence-electron chi connectivity index (χ2n) is 6.53. The summed E-state index contributed by atoms with van der Waals surface area (Å²) in [5.74, 6) is -1.54. The normalized spacial score (nSPS) is 29.8. The quantitative estimate of drug-likeness (QED) is 0.330. The largest absolute Gasteiger partial charge is 0.458 e. The molecule has 0 amide bonds. The topological polar surface area (TPSA) is 78.9 Å². The van der Waals surface area contributed by atoms with Crippen molar-refractivity contribution in [3.8, 4) is 0 Å². The third-order valence-corrected chi connectivity index (χ3v) is 4.53. The lowest BCUT2D eigenvalue weighted by atomic mass is 9.86. The lowest BCUT2D eigenvalue weighted by Crippen LogP contribution is -2.28. The van der Waals surface area contributed by atoms with Gasteiger partial charge in [0, 0.05) is 31.8 Å². The lowest BCUT2D eigenvalue weighted by Gasteiger charge is -2.26. The molecule has 6 heteroatoms. The van der Waals surface area contributed by atoms with Gasteiger partial charge in [-0.2, -0.15) is 0 Å². The number of esters is 3. The van der Waals surface area contributed by atoms with Crippen LogP contribution in [0.15, 0.2) is 35.5 Å². The zero-order valence-electron chi connectivity index (χ0n) is 15.0. The van der Waals surface area contributed by atoms with Crippen molar-refractivity contribution < 1.29 is 28.6 Å². The van der Waals surface area contributed by atoms with Gasteiger partial charge in [-0.3, -0.25) is 9.59 Å². The first kappa shape index (κ1) is 19.0. The minimum absolute atomic E-state index is 0.300. The third kappa shape index (κ3) is 4.59. The number of fused-ring (bicyclic) bond motifs is 1. The van der Waals surface area contributed by atoms with Crippen LogP contribution in [0.4, 0.5) is 0 Å². The Morgan fingerprint density at radius 3 is 2.32 bits per heavy atom. The summed E-state index contributed by atoms with van der Waals surface area (Å²) in [6, 6.07) is 0. The molecule has 0 aromatic rings. The van der Waals surface area contributed by atoms with Gasteiger partial charge in [0.1, 0.15) is 18.3 Å². The summed E-state index contributed by atoms with van der Waals surface area (Å²) in [6.45, 7) is 10.2. The lowest BCUT2D eigenvalue weighted by molar-refractivity contribution is -0.145. The SMILES string of the molecule is C=C1C(=O)OC2C=C(C)C(OC(C)=O)CC=C(C)C(OC(C)=O)CC12. The second kappa shape index (κ2) is 7.68. The number of carbonyl (C=O) groups excluding carboxylic acids is 3. The highest BCUT2D eigenvalue weighted by Gasteiger charge is 2.40. The molecule has 0 aromatic carbocycles. The highest BCUT2D eigenvalue weighted by atomic mass is 16.6. The second-order valence-corrected chi connectivity index (χ2v) is 6.53. The van der Waals surface area contributed by atoms with Crippen LogP contribution in [0.1, 0.15) is 40.5 Å². The first-order valence-electron chi connectivity index (χ1n) is 8.28. The van der Waals surface area contributed by atoms with Crippen LogP contribution in [0, 0.1) is 5.92 Å². The van der Waals surface area contributed by atoms with E-state index < -0.39 is 30.3 Å². The first-order valence-corrected chi connectivity index (χ1v) is 8.28. The van der Waals surface area contributed by atoms with Crippen LogP contribution >= 0.6 is 0 Å². The Morgan fingerprint density at radius 1 is 1.12 bits per heavy atom. The van der Waals surface area contributed by atoms with E-state index in [1.54, 1.807) is 6.08 Å². The predicted molar refractivity (Wildman–Crippen MR) is 90.4 cm³/mol. The maximum atomic E-state index is 12.0. The summed E-state index contributed by atoms with van der Waals surface area (Å²) >= 11 is 0. The molecule has 1 fully saturated rings. The van der Waals surface area contributed by atoms with E-state index in [-0.39, 0.29) is 11.9 Å². The molecule has 1 aliphatic heterocycles. The van der Waals surface area contributed by atoms with Crippen molar-refractivity contribution >= 4 is 17.9 Å². The minimum Gasteiger partial charge on any atom is -0.458 e. The summed E-state index contributed by atoms with van der Waals surface area (Å²) in [7, 11) is 0. The molecule has 2 rings (SSSR count). The summed E-state index contributed by atoms with van der Waals surface area (Å²) in [6.07, 6.45) is 3.11. The van der Waals surface area contributed by atoms with Crippen molar-refractivity contribution in [2.75, 3.05) is 0 Å². The molecule has 1 aliphatic carbocycles. The van der Waals surface area contributed by atoms with Gasteiger partial charge in [-0.15, -0.1) is 0 Å². The molecule has 1 saturated heterocycles. The third-order valence-electron chi connectivity index (χ3n) is 4.53. The Hall–Kier alpha value is -2.37. The molecule has 0 aromatic heterocycles. The Labute approximate surface area is 147 Å². The molecule has 0 saturated carbocycles. The molecule has 4 atom stereocenters. The summed E-state index contributed by atoms with van der Waals surface area (Å²) < 4.78 is 16.2. The van der Waals surface area contributed by atoms with Gasteiger partial charge in [0.2, 0.25) is 0 Å². The van der Waals surface area contributed by atoms with Gasteiger partial charge < -0.3 is 14.2 Å². The average Bonchev–Trinajstić information content (AvgIpc) is 2.76. The first-order chi connectivity index (χ1) is 11.7. The standard InChI is InChI=1S/C19H24O6/c1-10-6-7-16(23-13(4)20)11(2)8-18-15(12(3)19(22)25-18)9-17(10)24-14(5)21/h6,8,15-18H,3,7,9H2,1-2,4-5H3. The maximum Gasteiger partial charge on any atom is 0.334 e. The molecule has 0 bridgehead atoms. The molecular weight excluding hydrogens is 324 g/mol. The summed E-state index contributed by atoms with van der Waals surface area (Å²) in [5.41, 5.74) is 2.01. The van der Waals surface area contributed by atoms with Crippen LogP contribution in [0.3, 0.4) is 0 Å². The van der Waals surface area contributed by atoms with Crippen molar-refractivity contribution in [2.24, 2.45) is 5.92 Å². The van der Waals surface area contributed by atoms with Crippen LogP contribution in [0.2, 0.25) is 0 Å². The molecule has 1 heterocycles. The number of rotatable bonds is 2. The molecule has 0 radical (unpaired) electrons. The van der Waals surface area contributed by atoms with Gasteiger partial charge in [-0.25, -0.2) is 4.79 Å². The highest BCUT2D eigenvalue weighted by Crippen LogP contribution is 2.35. The number of ether oxygens (including phenoxy) is 3. The van der Waals surface area contributed by atoms with Gasteiger partial charge >= 0.3 is 17.9 Å². The molecule has 25 heavy (non-hydrogen) atoms. The van der Waals surface area contributed by atoms with Crippen LogP contribution in [0.25, 0.3) is 0 Å². The predicted octanol–water partition coefficient (Wildman–Crippen LogP) is 2.63. The maximum absolute atomic E-state index is 12.0. The van der Waals surface area contributed by atoms with Crippen LogP contribution in [0.5, 0.6) is 0 Å². The van der Waals surface area contributed by atoms with E-state index in [1.165, 1.54) is 13.8 Å². The van der Waals surface area contributed by atoms with Crippen molar-refractivity contribution in [1.29, 1.82) is 0 Å². The Kier molecular flexibility index (Phi) is 5.82. The van der Waals surface area contributed by atoms with Gasteiger partial charge in [-0.1, -0.05) is 12.7 Å². The van der Waals surface area contributed by atoms with Gasteiger partial charge in [0.15, 0.2) is 0 Å². The molecule has 0 spiro atoms. The van der Waals surface area contributed by atoms with E-state index in [0.29, 0.717) is 18.4 Å². The highest BCUT2D eigenvalue weighted by molar-refractivity contribution is 5.91. The smallest absolute Gasteiger partial charge is 0.334 e. The molecule has 136 valence electrons. The van der Waals surface area contributed by atoms with Crippen molar-refractivity contribution in [3.63, 3.8) is 0 Å². The number of carbonyl (C=O) groups is 3. The van der Waals surface area contributed by atoms with Crippen LogP contribution < -0.4 is 0 Å². The molecule has 0 N–H and O–H groups in total. The van der Waals surface area contributed by atoms with Crippen LogP contribution in [-0.4, -0.2) is 36.2 Å². The zero-order chi connectivity index (χ0) is 18.7. The summed E-state index contributed by atoms with van der Waals surface area (Å²) in [5, 5.41) is 0. The molecule has 2 aliphatic rings. The van der Waals surface area contributed by atoms with Gasteiger partial charge in [0.05, 0.1) is 0 Å². The van der Waals surface area contributed by atoms with E-state index in [0.717, 1.165) is 11.1 Å². The van der Waals surface area contributed by atoms with E-state index in [2.05, 4.69) is 6.58 Å². The fraction of sp³-hybridized carbons (Fsp3) is 0.526. The van der Waals surface area contributed by atoms with Crippen molar-refractivity contribution in [2.45, 2.75) is 58.8 Å². The number of hydrogen-bond donors (Lipinski definition) is 0. The van der Waals surface area contributed by atoms with Crippen molar-refractivity contribution in [1.82, 2.24) is 0 Å². The zero-order valence-corrected chi connectivity index (χ0v) is 15.0. The summed E-state index contributed by atoms with van der Waals surface area (Å²) in [4.78, 5) is 34.8. The average molecular weight is 348 g/mol.